The molecule has 1 aliphatic rings. The zero-order chi connectivity index (χ0) is 24.2. The Balaban J connectivity index is 1.36. The highest BCUT2D eigenvalue weighted by Gasteiger charge is 2.28. The molecule has 2 heterocycles. The van der Waals surface area contributed by atoms with Crippen molar-refractivity contribution >= 4 is 23.3 Å². The van der Waals surface area contributed by atoms with E-state index in [1.54, 1.807) is 11.8 Å². The molecule has 8 heteroatoms. The number of likely N-dealkylation sites (tertiary alicyclic amines) is 1. The molecule has 3 aromatic rings. The van der Waals surface area contributed by atoms with Crippen LogP contribution in [0.5, 0.6) is 0 Å². The second-order valence-electron chi connectivity index (χ2n) is 9.00. The maximum atomic E-state index is 13.0. The number of aromatic nitrogens is 3. The van der Waals surface area contributed by atoms with E-state index in [9.17, 15) is 14.4 Å². The van der Waals surface area contributed by atoms with Crippen molar-refractivity contribution in [2.24, 2.45) is 5.92 Å². The molecule has 1 atom stereocenters. The van der Waals surface area contributed by atoms with Gasteiger partial charge >= 0.3 is 5.69 Å². The van der Waals surface area contributed by atoms with Crippen molar-refractivity contribution in [2.75, 3.05) is 13.1 Å². The van der Waals surface area contributed by atoms with Crippen molar-refractivity contribution in [1.82, 2.24) is 19.7 Å². The summed E-state index contributed by atoms with van der Waals surface area (Å²) in [5, 5.41) is 5.19. The third kappa shape index (κ3) is 5.47. The fraction of sp³-hybridized carbons (Fsp3) is 0.385. The number of ketones is 1. The van der Waals surface area contributed by atoms with E-state index in [0.717, 1.165) is 16.7 Å². The van der Waals surface area contributed by atoms with Gasteiger partial charge in [0, 0.05) is 36.0 Å². The number of rotatable bonds is 7. The number of nitrogens with zero attached hydrogens (tertiary/aromatic N) is 3. The lowest BCUT2D eigenvalue weighted by Crippen LogP contribution is -2.41. The number of nitrogens with one attached hydrogen (secondary N) is 1. The molecule has 1 amide bonds. The Bertz CT molecular complexity index is 1230. The third-order valence-electron chi connectivity index (χ3n) is 6.55. The summed E-state index contributed by atoms with van der Waals surface area (Å²) in [6.45, 7) is 4.54. The first-order valence-corrected chi connectivity index (χ1v) is 12.0. The SMILES string of the molecule is CC(=O)C(CC(=O)N1CCC(n2nc(-c3ccccc3)[nH]c2=O)CC1)Cc1ccc(Cl)c(C)c1. The average Bonchev–Trinajstić information content (AvgIpc) is 3.23. The van der Waals surface area contributed by atoms with E-state index in [4.69, 9.17) is 11.6 Å². The molecule has 2 aromatic carbocycles. The van der Waals surface area contributed by atoms with Gasteiger partial charge in [-0.15, -0.1) is 5.10 Å². The van der Waals surface area contributed by atoms with Crippen LogP contribution >= 0.6 is 11.6 Å². The lowest BCUT2D eigenvalue weighted by molar-refractivity contribution is -0.136. The molecular weight excluding hydrogens is 452 g/mol. The Kier molecular flexibility index (Phi) is 7.32. The minimum Gasteiger partial charge on any atom is -0.343 e. The Hall–Kier alpha value is -3.19. The van der Waals surface area contributed by atoms with Crippen LogP contribution < -0.4 is 5.69 Å². The standard InChI is InChI=1S/C26H29ClN4O3/c1-17-14-19(8-9-23(17)27)15-21(18(2)32)16-24(33)30-12-10-22(11-13-30)31-26(34)28-25(29-31)20-6-4-3-5-7-20/h3-9,14,21-22H,10-13,15-16H2,1-2H3,(H,28,29,34). The summed E-state index contributed by atoms with van der Waals surface area (Å²) in [5.41, 5.74) is 2.58. The van der Waals surface area contributed by atoms with Crippen LogP contribution in [0.3, 0.4) is 0 Å². The van der Waals surface area contributed by atoms with Gasteiger partial charge in [-0.05, 0) is 50.3 Å². The average molecular weight is 481 g/mol. The molecule has 0 radical (unpaired) electrons. The zero-order valence-electron chi connectivity index (χ0n) is 19.5. The molecule has 0 saturated carbocycles. The Morgan fingerprint density at radius 1 is 1.15 bits per heavy atom. The summed E-state index contributed by atoms with van der Waals surface area (Å²) in [6, 6.07) is 15.2. The molecule has 0 bridgehead atoms. The molecule has 1 aliphatic heterocycles. The highest BCUT2D eigenvalue weighted by molar-refractivity contribution is 6.31. The topological polar surface area (TPSA) is 88.1 Å². The van der Waals surface area contributed by atoms with Crippen molar-refractivity contribution in [3.05, 3.63) is 75.2 Å². The van der Waals surface area contributed by atoms with Crippen LogP contribution in [0.2, 0.25) is 5.02 Å². The highest BCUT2D eigenvalue weighted by atomic mass is 35.5. The van der Waals surface area contributed by atoms with Crippen molar-refractivity contribution in [3.63, 3.8) is 0 Å². The highest BCUT2D eigenvalue weighted by Crippen LogP contribution is 2.25. The molecule has 0 aliphatic carbocycles. The van der Waals surface area contributed by atoms with Crippen molar-refractivity contribution < 1.29 is 9.59 Å². The summed E-state index contributed by atoms with van der Waals surface area (Å²) in [7, 11) is 0. The molecule has 1 N–H and O–H groups in total. The van der Waals surface area contributed by atoms with Gasteiger partial charge in [0.05, 0.1) is 6.04 Å². The van der Waals surface area contributed by atoms with Gasteiger partial charge in [0.2, 0.25) is 5.91 Å². The zero-order valence-corrected chi connectivity index (χ0v) is 20.2. The van der Waals surface area contributed by atoms with Gasteiger partial charge in [-0.2, -0.15) is 0 Å². The number of benzene rings is 2. The Labute approximate surface area is 203 Å². The van der Waals surface area contributed by atoms with E-state index in [-0.39, 0.29) is 35.8 Å². The van der Waals surface area contributed by atoms with E-state index >= 15 is 0 Å². The number of amides is 1. The number of carbonyl (C=O) groups is 2. The fourth-order valence-corrected chi connectivity index (χ4v) is 4.61. The van der Waals surface area contributed by atoms with Crippen LogP contribution in [0, 0.1) is 12.8 Å². The normalized spacial score (nSPS) is 15.3. The predicted molar refractivity (Wildman–Crippen MR) is 132 cm³/mol. The maximum Gasteiger partial charge on any atom is 0.343 e. The fourth-order valence-electron chi connectivity index (χ4n) is 4.49. The third-order valence-corrected chi connectivity index (χ3v) is 6.98. The Morgan fingerprint density at radius 2 is 1.85 bits per heavy atom. The lowest BCUT2D eigenvalue weighted by Gasteiger charge is -2.32. The first kappa shape index (κ1) is 24.0. The number of Topliss-reactive ketones (excluding diaryl/α,β-unsaturated/α-hetero) is 1. The molecule has 0 spiro atoms. The molecule has 7 nitrogen and oxygen atoms in total. The quantitative estimate of drug-likeness (QED) is 0.549. The summed E-state index contributed by atoms with van der Waals surface area (Å²) in [4.78, 5) is 42.4. The van der Waals surface area contributed by atoms with Crippen LogP contribution in [-0.4, -0.2) is 44.4 Å². The second kappa shape index (κ2) is 10.4. The van der Waals surface area contributed by atoms with E-state index in [2.05, 4.69) is 10.1 Å². The van der Waals surface area contributed by atoms with Gasteiger partial charge in [-0.1, -0.05) is 54.1 Å². The minimum atomic E-state index is -0.367. The van der Waals surface area contributed by atoms with Gasteiger partial charge in [-0.25, -0.2) is 9.48 Å². The number of aryl methyl sites for hydroxylation is 1. The van der Waals surface area contributed by atoms with E-state index in [0.29, 0.717) is 43.2 Å². The molecule has 34 heavy (non-hydrogen) atoms. The summed E-state index contributed by atoms with van der Waals surface area (Å²) in [5.74, 6) is 0.162. The Morgan fingerprint density at radius 3 is 2.50 bits per heavy atom. The monoisotopic (exact) mass is 480 g/mol. The molecule has 1 fully saturated rings. The molecule has 178 valence electrons. The van der Waals surface area contributed by atoms with E-state index in [1.165, 1.54) is 4.68 Å². The molecule has 1 unspecified atom stereocenters. The van der Waals surface area contributed by atoms with Gasteiger partial charge < -0.3 is 4.90 Å². The van der Waals surface area contributed by atoms with E-state index in [1.807, 2.05) is 55.5 Å². The largest absolute Gasteiger partial charge is 0.343 e. The van der Waals surface area contributed by atoms with E-state index < -0.39 is 0 Å². The van der Waals surface area contributed by atoms with Gasteiger partial charge in [-0.3, -0.25) is 14.6 Å². The molecular formula is C26H29ClN4O3. The minimum absolute atomic E-state index is 0.00681. The molecule has 1 aromatic heterocycles. The number of hydrogen-bond acceptors (Lipinski definition) is 4. The molecule has 4 rings (SSSR count). The van der Waals surface area contributed by atoms with Crippen molar-refractivity contribution in [3.8, 4) is 11.4 Å². The molecule has 1 saturated heterocycles. The maximum absolute atomic E-state index is 13.0. The number of carbonyl (C=O) groups excluding carboxylic acids is 2. The summed E-state index contributed by atoms with van der Waals surface area (Å²) in [6.07, 6.45) is 1.99. The first-order chi connectivity index (χ1) is 16.3. The van der Waals surface area contributed by atoms with Crippen LogP contribution in [-0.2, 0) is 16.0 Å². The smallest absolute Gasteiger partial charge is 0.343 e. The number of halogens is 1. The lowest BCUT2D eigenvalue weighted by atomic mass is 9.91. The summed E-state index contributed by atoms with van der Waals surface area (Å²) < 4.78 is 1.51. The van der Waals surface area contributed by atoms with Crippen molar-refractivity contribution in [1.29, 1.82) is 0 Å². The van der Waals surface area contributed by atoms with Crippen LogP contribution in [0.15, 0.2) is 53.3 Å². The summed E-state index contributed by atoms with van der Waals surface area (Å²) >= 11 is 6.11. The van der Waals surface area contributed by atoms with Crippen LogP contribution in [0.25, 0.3) is 11.4 Å². The number of H-pyrrole nitrogens is 1. The van der Waals surface area contributed by atoms with Gasteiger partial charge in [0.25, 0.3) is 0 Å². The van der Waals surface area contributed by atoms with Gasteiger partial charge in [0.15, 0.2) is 5.82 Å². The number of aromatic amines is 1. The van der Waals surface area contributed by atoms with Gasteiger partial charge in [0.1, 0.15) is 5.78 Å². The first-order valence-electron chi connectivity index (χ1n) is 11.6. The number of piperidine rings is 1. The van der Waals surface area contributed by atoms with Crippen LogP contribution in [0.1, 0.15) is 43.4 Å². The van der Waals surface area contributed by atoms with Crippen molar-refractivity contribution in [2.45, 2.75) is 45.6 Å². The predicted octanol–water partition coefficient (Wildman–Crippen LogP) is 4.20. The second-order valence-corrected chi connectivity index (χ2v) is 9.41. The van der Waals surface area contributed by atoms with Crippen LogP contribution in [0.4, 0.5) is 0 Å². The number of hydrogen-bond donors (Lipinski definition) is 1.